The molecule has 0 aliphatic carbocycles. The van der Waals surface area contributed by atoms with Gasteiger partial charge in [-0.3, -0.25) is 10.9 Å². The predicted octanol–water partition coefficient (Wildman–Crippen LogP) is 0.0898. The summed E-state index contributed by atoms with van der Waals surface area (Å²) in [5.74, 6) is 0.726. The molecule has 0 saturated carbocycles. The quantitative estimate of drug-likeness (QED) is 0.505. The first kappa shape index (κ1) is 12.5. The molecule has 1 aliphatic heterocycles. The first-order valence-corrected chi connectivity index (χ1v) is 6.36. The summed E-state index contributed by atoms with van der Waals surface area (Å²) in [4.78, 5) is 0. The summed E-state index contributed by atoms with van der Waals surface area (Å²) in [5.41, 5.74) is 7.62. The van der Waals surface area contributed by atoms with E-state index in [1.54, 1.807) is 0 Å². The Kier molecular flexibility index (Phi) is 5.45. The van der Waals surface area contributed by atoms with Crippen LogP contribution in [0, 0.1) is 5.92 Å². The van der Waals surface area contributed by atoms with Gasteiger partial charge in [0.05, 0.1) is 0 Å². The Hall–Kier alpha value is -0.940. The van der Waals surface area contributed by atoms with Crippen LogP contribution in [0.15, 0.2) is 30.3 Å². The molecule has 1 heterocycles. The Balaban J connectivity index is 1.46. The highest BCUT2D eigenvalue weighted by Gasteiger charge is 2.12. The molecule has 0 spiro atoms. The van der Waals surface area contributed by atoms with Crippen LogP contribution in [-0.4, -0.2) is 32.7 Å². The molecule has 2 rings (SSSR count). The van der Waals surface area contributed by atoms with E-state index in [2.05, 4.69) is 51.8 Å². The normalized spacial score (nSPS) is 16.5. The fraction of sp³-hybridized carbons (Fsp3) is 0.538. The lowest BCUT2D eigenvalue weighted by atomic mass is 10.2. The minimum absolute atomic E-state index is 0.726. The maximum absolute atomic E-state index is 3.47. The molecule has 0 bridgehead atoms. The number of nitrogens with one attached hydrogen (secondary N) is 4. The molecule has 94 valence electrons. The van der Waals surface area contributed by atoms with Crippen LogP contribution in [0.5, 0.6) is 0 Å². The van der Waals surface area contributed by atoms with E-state index in [-0.39, 0.29) is 0 Å². The van der Waals surface area contributed by atoms with Crippen LogP contribution in [0.3, 0.4) is 0 Å². The number of hydrogen-bond acceptors (Lipinski definition) is 4. The zero-order chi connectivity index (χ0) is 11.8. The van der Waals surface area contributed by atoms with E-state index in [1.807, 2.05) is 0 Å². The van der Waals surface area contributed by atoms with E-state index in [4.69, 9.17) is 0 Å². The average molecular weight is 234 g/mol. The van der Waals surface area contributed by atoms with E-state index >= 15 is 0 Å². The van der Waals surface area contributed by atoms with Crippen LogP contribution in [0.2, 0.25) is 0 Å². The molecule has 1 aromatic rings. The summed E-state index contributed by atoms with van der Waals surface area (Å²) in [5, 5.41) is 6.90. The zero-order valence-corrected chi connectivity index (χ0v) is 10.2. The van der Waals surface area contributed by atoms with Crippen molar-refractivity contribution in [1.82, 2.24) is 21.5 Å². The van der Waals surface area contributed by atoms with E-state index < -0.39 is 0 Å². The van der Waals surface area contributed by atoms with E-state index in [9.17, 15) is 0 Å². The van der Waals surface area contributed by atoms with E-state index in [1.165, 1.54) is 5.56 Å². The Morgan fingerprint density at radius 1 is 1.00 bits per heavy atom. The standard InChI is InChI=1S/C13H22N4/c1-2-4-12(5-3-1)8-14-6-7-15-9-13-10-16-17-11-13/h1-5,13-17H,6-11H2. The first-order chi connectivity index (χ1) is 8.45. The summed E-state index contributed by atoms with van der Waals surface area (Å²) in [7, 11) is 0. The zero-order valence-electron chi connectivity index (χ0n) is 10.2. The average Bonchev–Trinajstić information content (AvgIpc) is 2.88. The van der Waals surface area contributed by atoms with Gasteiger partial charge in [-0.15, -0.1) is 0 Å². The van der Waals surface area contributed by atoms with Crippen LogP contribution < -0.4 is 21.5 Å². The maximum Gasteiger partial charge on any atom is 0.0206 e. The summed E-state index contributed by atoms with van der Waals surface area (Å²) in [6.07, 6.45) is 0. The molecule has 4 nitrogen and oxygen atoms in total. The molecule has 0 unspecified atom stereocenters. The van der Waals surface area contributed by atoms with Crippen molar-refractivity contribution < 1.29 is 0 Å². The van der Waals surface area contributed by atoms with Crippen LogP contribution in [0.25, 0.3) is 0 Å². The lowest BCUT2D eigenvalue weighted by molar-refractivity contribution is 0.519. The third kappa shape index (κ3) is 4.83. The molecule has 0 atom stereocenters. The molecule has 1 saturated heterocycles. The largest absolute Gasteiger partial charge is 0.315 e. The second-order valence-electron chi connectivity index (χ2n) is 4.49. The molecule has 1 fully saturated rings. The predicted molar refractivity (Wildman–Crippen MR) is 70.5 cm³/mol. The summed E-state index contributed by atoms with van der Waals surface area (Å²) in [6.45, 7) is 6.24. The van der Waals surface area contributed by atoms with Gasteiger partial charge in [-0.25, -0.2) is 0 Å². The van der Waals surface area contributed by atoms with Crippen LogP contribution in [0.1, 0.15) is 5.56 Å². The van der Waals surface area contributed by atoms with Gasteiger partial charge >= 0.3 is 0 Å². The van der Waals surface area contributed by atoms with Gasteiger partial charge in [-0.05, 0) is 11.5 Å². The smallest absolute Gasteiger partial charge is 0.0206 e. The Labute approximate surface area is 103 Å². The highest BCUT2D eigenvalue weighted by molar-refractivity contribution is 5.14. The molecule has 1 aromatic carbocycles. The van der Waals surface area contributed by atoms with Gasteiger partial charge in [-0.2, -0.15) is 0 Å². The summed E-state index contributed by atoms with van der Waals surface area (Å²) >= 11 is 0. The monoisotopic (exact) mass is 234 g/mol. The van der Waals surface area contributed by atoms with Crippen LogP contribution in [0.4, 0.5) is 0 Å². The van der Waals surface area contributed by atoms with Crippen molar-refractivity contribution in [3.05, 3.63) is 35.9 Å². The first-order valence-electron chi connectivity index (χ1n) is 6.36. The Morgan fingerprint density at radius 3 is 2.47 bits per heavy atom. The SMILES string of the molecule is c1ccc(CNCCNCC2CNNC2)cc1. The van der Waals surface area contributed by atoms with Gasteiger partial charge in [-0.1, -0.05) is 30.3 Å². The second-order valence-corrected chi connectivity index (χ2v) is 4.49. The lowest BCUT2D eigenvalue weighted by Gasteiger charge is -2.09. The Bertz CT molecular complexity index is 296. The number of benzene rings is 1. The molecular weight excluding hydrogens is 212 g/mol. The van der Waals surface area contributed by atoms with Crippen molar-refractivity contribution in [3.63, 3.8) is 0 Å². The van der Waals surface area contributed by atoms with Crippen molar-refractivity contribution >= 4 is 0 Å². The van der Waals surface area contributed by atoms with Crippen molar-refractivity contribution in [2.24, 2.45) is 5.92 Å². The van der Waals surface area contributed by atoms with E-state index in [0.717, 1.165) is 45.2 Å². The summed E-state index contributed by atoms with van der Waals surface area (Å²) in [6, 6.07) is 10.5. The Morgan fingerprint density at radius 2 is 1.71 bits per heavy atom. The molecular formula is C13H22N4. The highest BCUT2D eigenvalue weighted by Crippen LogP contribution is 1.96. The van der Waals surface area contributed by atoms with Crippen LogP contribution >= 0.6 is 0 Å². The number of hydrazine groups is 1. The highest BCUT2D eigenvalue weighted by atomic mass is 15.4. The second kappa shape index (κ2) is 7.40. The molecule has 4 N–H and O–H groups in total. The van der Waals surface area contributed by atoms with Gasteiger partial charge < -0.3 is 10.6 Å². The molecule has 1 aliphatic rings. The fourth-order valence-corrected chi connectivity index (χ4v) is 1.96. The molecule has 4 heteroatoms. The minimum atomic E-state index is 0.726. The lowest BCUT2D eigenvalue weighted by Crippen LogP contribution is -2.32. The van der Waals surface area contributed by atoms with Gasteiger partial charge in [0.1, 0.15) is 0 Å². The van der Waals surface area contributed by atoms with Crippen molar-refractivity contribution in [2.45, 2.75) is 6.54 Å². The third-order valence-electron chi connectivity index (χ3n) is 2.99. The van der Waals surface area contributed by atoms with Gasteiger partial charge in [0.25, 0.3) is 0 Å². The topological polar surface area (TPSA) is 48.1 Å². The van der Waals surface area contributed by atoms with Gasteiger partial charge in [0.2, 0.25) is 0 Å². The van der Waals surface area contributed by atoms with Gasteiger partial charge in [0, 0.05) is 39.3 Å². The maximum atomic E-state index is 3.47. The molecule has 0 aromatic heterocycles. The fourth-order valence-electron chi connectivity index (χ4n) is 1.96. The van der Waals surface area contributed by atoms with E-state index in [0.29, 0.717) is 0 Å². The summed E-state index contributed by atoms with van der Waals surface area (Å²) < 4.78 is 0. The number of rotatable bonds is 7. The minimum Gasteiger partial charge on any atom is -0.315 e. The van der Waals surface area contributed by atoms with Crippen molar-refractivity contribution in [2.75, 3.05) is 32.7 Å². The van der Waals surface area contributed by atoms with Crippen molar-refractivity contribution in [3.8, 4) is 0 Å². The van der Waals surface area contributed by atoms with Crippen molar-refractivity contribution in [1.29, 1.82) is 0 Å². The molecule has 0 radical (unpaired) electrons. The third-order valence-corrected chi connectivity index (χ3v) is 2.99. The molecule has 17 heavy (non-hydrogen) atoms. The molecule has 0 amide bonds. The van der Waals surface area contributed by atoms with Crippen LogP contribution in [-0.2, 0) is 6.54 Å². The number of hydrogen-bond donors (Lipinski definition) is 4. The van der Waals surface area contributed by atoms with Gasteiger partial charge in [0.15, 0.2) is 0 Å².